The molecule has 1 atom stereocenters. The number of nitrogens with one attached hydrogen (secondary N) is 1. The van der Waals surface area contributed by atoms with Crippen LogP contribution in [0.1, 0.15) is 31.4 Å². The average Bonchev–Trinajstić information content (AvgIpc) is 3.28. The molecule has 4 rings (SSSR count). The summed E-state index contributed by atoms with van der Waals surface area (Å²) in [6.07, 6.45) is 6.22. The molecule has 3 heterocycles. The van der Waals surface area contributed by atoms with E-state index in [1.165, 1.54) is 24.2 Å². The second-order valence-electron chi connectivity index (χ2n) is 6.90. The molecule has 0 unspecified atom stereocenters. The van der Waals surface area contributed by atoms with Crippen LogP contribution in [0.5, 0.6) is 0 Å². The summed E-state index contributed by atoms with van der Waals surface area (Å²) < 4.78 is 1.57. The lowest BCUT2D eigenvalue weighted by atomic mass is 9.97. The van der Waals surface area contributed by atoms with E-state index in [0.29, 0.717) is 12.5 Å². The van der Waals surface area contributed by atoms with Gasteiger partial charge in [-0.2, -0.15) is 0 Å². The zero-order valence-electron chi connectivity index (χ0n) is 13.6. The van der Waals surface area contributed by atoms with Crippen molar-refractivity contribution in [2.45, 2.75) is 32.2 Å². The van der Waals surface area contributed by atoms with Gasteiger partial charge in [-0.25, -0.2) is 4.98 Å². The summed E-state index contributed by atoms with van der Waals surface area (Å²) in [5, 5.41) is 4.97. The molecule has 1 amide bonds. The number of rotatable bonds is 5. The molecule has 128 valence electrons. The molecule has 6 nitrogen and oxygen atoms in total. The fourth-order valence-corrected chi connectivity index (χ4v) is 4.06. The molecule has 1 aliphatic heterocycles. The lowest BCUT2D eigenvalue weighted by molar-refractivity contribution is -0.126. The Balaban J connectivity index is 1.39. The molecule has 0 aromatic carbocycles. The van der Waals surface area contributed by atoms with Crippen molar-refractivity contribution in [2.24, 2.45) is 11.8 Å². The van der Waals surface area contributed by atoms with Crippen LogP contribution in [0.15, 0.2) is 22.4 Å². The van der Waals surface area contributed by atoms with E-state index in [4.69, 9.17) is 0 Å². The molecular weight excluding hydrogens is 324 g/mol. The zero-order valence-corrected chi connectivity index (χ0v) is 14.4. The summed E-state index contributed by atoms with van der Waals surface area (Å²) in [6.45, 7) is 3.18. The van der Waals surface area contributed by atoms with Crippen LogP contribution in [0.4, 0.5) is 0 Å². The Morgan fingerprint density at radius 1 is 1.38 bits per heavy atom. The van der Waals surface area contributed by atoms with Crippen LogP contribution in [0.3, 0.4) is 0 Å². The van der Waals surface area contributed by atoms with Crippen molar-refractivity contribution < 1.29 is 4.79 Å². The Morgan fingerprint density at radius 3 is 3.08 bits per heavy atom. The molecule has 0 bridgehead atoms. The summed E-state index contributed by atoms with van der Waals surface area (Å²) in [5.74, 6) is 0.959. The van der Waals surface area contributed by atoms with E-state index < -0.39 is 0 Å². The number of amides is 1. The van der Waals surface area contributed by atoms with Gasteiger partial charge in [0.2, 0.25) is 5.91 Å². The number of hydrogen-bond acceptors (Lipinski definition) is 5. The number of thiazole rings is 1. The third-order valence-corrected chi connectivity index (χ3v) is 5.64. The summed E-state index contributed by atoms with van der Waals surface area (Å²) in [6, 6.07) is 1.61. The number of hydrogen-bond donors (Lipinski definition) is 1. The highest BCUT2D eigenvalue weighted by Crippen LogP contribution is 2.28. The lowest BCUT2D eigenvalue weighted by Gasteiger charge is -2.31. The number of carbonyl (C=O) groups is 1. The number of carbonyl (C=O) groups excluding carboxylic acids is 1. The van der Waals surface area contributed by atoms with Gasteiger partial charge in [-0.1, -0.05) is 0 Å². The van der Waals surface area contributed by atoms with Gasteiger partial charge in [0, 0.05) is 37.3 Å². The normalized spacial score (nSPS) is 21.9. The van der Waals surface area contributed by atoms with Crippen LogP contribution < -0.4 is 10.9 Å². The van der Waals surface area contributed by atoms with Crippen LogP contribution in [0.25, 0.3) is 4.96 Å². The van der Waals surface area contributed by atoms with E-state index in [1.807, 2.05) is 5.38 Å². The van der Waals surface area contributed by atoms with E-state index in [-0.39, 0.29) is 17.4 Å². The van der Waals surface area contributed by atoms with Crippen molar-refractivity contribution in [3.05, 3.63) is 33.7 Å². The van der Waals surface area contributed by atoms with Crippen LogP contribution in [-0.4, -0.2) is 39.8 Å². The Kier molecular flexibility index (Phi) is 4.37. The molecule has 2 fully saturated rings. The first-order chi connectivity index (χ1) is 11.7. The molecule has 24 heavy (non-hydrogen) atoms. The minimum atomic E-state index is -0.0352. The zero-order chi connectivity index (χ0) is 16.5. The van der Waals surface area contributed by atoms with Crippen molar-refractivity contribution in [1.29, 1.82) is 0 Å². The van der Waals surface area contributed by atoms with E-state index in [9.17, 15) is 9.59 Å². The predicted molar refractivity (Wildman–Crippen MR) is 93.1 cm³/mol. The fraction of sp³-hybridized carbons (Fsp3) is 0.588. The van der Waals surface area contributed by atoms with E-state index >= 15 is 0 Å². The predicted octanol–water partition coefficient (Wildman–Crippen LogP) is 1.49. The van der Waals surface area contributed by atoms with Gasteiger partial charge in [0.15, 0.2) is 4.96 Å². The third kappa shape index (κ3) is 3.52. The molecule has 2 aliphatic rings. The molecule has 2 aromatic heterocycles. The molecule has 0 spiro atoms. The maximum absolute atomic E-state index is 12.3. The molecule has 0 radical (unpaired) electrons. The van der Waals surface area contributed by atoms with Crippen LogP contribution >= 0.6 is 11.3 Å². The Labute approximate surface area is 144 Å². The number of fused-ring (bicyclic) bond motifs is 1. The summed E-state index contributed by atoms with van der Waals surface area (Å²) >= 11 is 1.47. The molecule has 2 aromatic rings. The monoisotopic (exact) mass is 346 g/mol. The maximum Gasteiger partial charge on any atom is 0.258 e. The van der Waals surface area contributed by atoms with Gasteiger partial charge in [0.25, 0.3) is 5.56 Å². The van der Waals surface area contributed by atoms with Crippen LogP contribution in [0, 0.1) is 11.8 Å². The Morgan fingerprint density at radius 2 is 2.25 bits per heavy atom. The summed E-state index contributed by atoms with van der Waals surface area (Å²) in [5.41, 5.74) is 0.758. The SMILES string of the molecule is O=C(NCC1CC1)[C@@H]1CCCN(Cc2cc(=O)n3ccsc3n2)C1. The van der Waals surface area contributed by atoms with Crippen molar-refractivity contribution in [2.75, 3.05) is 19.6 Å². The van der Waals surface area contributed by atoms with E-state index in [1.54, 1.807) is 16.7 Å². The van der Waals surface area contributed by atoms with Gasteiger partial charge in [0.1, 0.15) is 0 Å². The summed E-state index contributed by atoms with van der Waals surface area (Å²) in [4.78, 5) is 31.9. The van der Waals surface area contributed by atoms with Crippen molar-refractivity contribution in [3.8, 4) is 0 Å². The van der Waals surface area contributed by atoms with Gasteiger partial charge in [-0.3, -0.25) is 18.9 Å². The quantitative estimate of drug-likeness (QED) is 0.891. The highest BCUT2D eigenvalue weighted by Gasteiger charge is 2.28. The average molecular weight is 346 g/mol. The molecule has 1 N–H and O–H groups in total. The third-order valence-electron chi connectivity index (χ3n) is 4.88. The first kappa shape index (κ1) is 15.8. The first-order valence-electron chi connectivity index (χ1n) is 8.65. The molecular formula is C17H22N4O2S. The number of nitrogens with zero attached hydrogens (tertiary/aromatic N) is 3. The minimum Gasteiger partial charge on any atom is -0.356 e. The van der Waals surface area contributed by atoms with Gasteiger partial charge in [0.05, 0.1) is 11.6 Å². The van der Waals surface area contributed by atoms with Crippen molar-refractivity contribution >= 4 is 22.2 Å². The number of aromatic nitrogens is 2. The molecule has 1 saturated heterocycles. The second kappa shape index (κ2) is 6.64. The Hall–Kier alpha value is -1.73. The van der Waals surface area contributed by atoms with Crippen LogP contribution in [0.2, 0.25) is 0 Å². The smallest absolute Gasteiger partial charge is 0.258 e. The topological polar surface area (TPSA) is 66.7 Å². The van der Waals surface area contributed by atoms with Crippen molar-refractivity contribution in [3.63, 3.8) is 0 Å². The van der Waals surface area contributed by atoms with E-state index in [2.05, 4.69) is 15.2 Å². The first-order valence-corrected chi connectivity index (χ1v) is 9.53. The minimum absolute atomic E-state index is 0.0352. The van der Waals surface area contributed by atoms with Crippen LogP contribution in [-0.2, 0) is 11.3 Å². The lowest BCUT2D eigenvalue weighted by Crippen LogP contribution is -2.43. The fourth-order valence-electron chi connectivity index (χ4n) is 3.32. The molecule has 1 aliphatic carbocycles. The summed E-state index contributed by atoms with van der Waals surface area (Å²) in [7, 11) is 0. The highest BCUT2D eigenvalue weighted by atomic mass is 32.1. The Bertz CT molecular complexity index is 795. The largest absolute Gasteiger partial charge is 0.356 e. The molecule has 7 heteroatoms. The standard InChI is InChI=1S/C17H22N4O2S/c22-15-8-14(19-17-21(15)6-7-24-17)11-20-5-1-2-13(10-20)16(23)18-9-12-3-4-12/h6-8,12-13H,1-5,9-11H2,(H,18,23)/t13-/m1/s1. The van der Waals surface area contributed by atoms with Gasteiger partial charge in [-0.15, -0.1) is 11.3 Å². The van der Waals surface area contributed by atoms with Crippen molar-refractivity contribution in [1.82, 2.24) is 19.6 Å². The highest BCUT2D eigenvalue weighted by molar-refractivity contribution is 7.15. The molecule has 1 saturated carbocycles. The van der Waals surface area contributed by atoms with Gasteiger partial charge in [-0.05, 0) is 38.1 Å². The van der Waals surface area contributed by atoms with Gasteiger partial charge < -0.3 is 5.32 Å². The maximum atomic E-state index is 12.3. The number of likely N-dealkylation sites (tertiary alicyclic amines) is 1. The van der Waals surface area contributed by atoms with E-state index in [0.717, 1.165) is 43.1 Å². The second-order valence-corrected chi connectivity index (χ2v) is 7.78. The van der Waals surface area contributed by atoms with Gasteiger partial charge >= 0.3 is 0 Å². The number of piperidine rings is 1.